The first-order chi connectivity index (χ1) is 8.99. The molecular weight excluding hydrogens is 260 g/mol. The maximum Gasteiger partial charge on any atom is 0.339 e. The van der Waals surface area contributed by atoms with Crippen LogP contribution in [0.3, 0.4) is 0 Å². The van der Waals surface area contributed by atoms with Gasteiger partial charge in [0.05, 0.1) is 0 Å². The van der Waals surface area contributed by atoms with Crippen molar-refractivity contribution in [1.29, 1.82) is 0 Å². The summed E-state index contributed by atoms with van der Waals surface area (Å²) >= 11 is 1.64. The summed E-state index contributed by atoms with van der Waals surface area (Å²) in [6.45, 7) is 6.28. The molecule has 2 aromatic heterocycles. The molecular formula is C14H16N2O2S. The van der Waals surface area contributed by atoms with Gasteiger partial charge in [-0.1, -0.05) is 0 Å². The summed E-state index contributed by atoms with van der Waals surface area (Å²) in [6, 6.07) is 1.78. The molecule has 5 heteroatoms. The number of aryl methyl sites for hydroxylation is 3. The van der Waals surface area contributed by atoms with Gasteiger partial charge in [-0.3, -0.25) is 0 Å². The van der Waals surface area contributed by atoms with Crippen LogP contribution in [0.25, 0.3) is 0 Å². The third kappa shape index (κ3) is 2.93. The summed E-state index contributed by atoms with van der Waals surface area (Å²) in [5, 5.41) is 16.5. The lowest BCUT2D eigenvalue weighted by atomic mass is 10.1. The van der Waals surface area contributed by atoms with Crippen molar-refractivity contribution in [3.8, 4) is 0 Å². The van der Waals surface area contributed by atoms with Crippen molar-refractivity contribution < 1.29 is 9.90 Å². The number of hydrogen-bond acceptors (Lipinski definition) is 4. The van der Waals surface area contributed by atoms with E-state index in [4.69, 9.17) is 0 Å². The van der Waals surface area contributed by atoms with Crippen LogP contribution < -0.4 is 5.32 Å². The fourth-order valence-electron chi connectivity index (χ4n) is 1.98. The van der Waals surface area contributed by atoms with Gasteiger partial charge < -0.3 is 10.4 Å². The predicted molar refractivity (Wildman–Crippen MR) is 77.1 cm³/mol. The molecule has 0 atom stereocenters. The lowest BCUT2D eigenvalue weighted by Gasteiger charge is -2.11. The van der Waals surface area contributed by atoms with E-state index in [0.717, 1.165) is 11.3 Å². The highest BCUT2D eigenvalue weighted by molar-refractivity contribution is 7.08. The molecule has 0 aliphatic heterocycles. The molecule has 0 unspecified atom stereocenters. The van der Waals surface area contributed by atoms with Gasteiger partial charge in [-0.05, 0) is 54.3 Å². The summed E-state index contributed by atoms with van der Waals surface area (Å²) in [5.74, 6) is -0.509. The number of nitrogens with one attached hydrogen (secondary N) is 1. The highest BCUT2D eigenvalue weighted by atomic mass is 32.1. The number of thiophene rings is 1. The van der Waals surface area contributed by atoms with E-state index in [9.17, 15) is 9.90 Å². The quantitative estimate of drug-likeness (QED) is 0.898. The highest BCUT2D eigenvalue weighted by Gasteiger charge is 2.15. The van der Waals surface area contributed by atoms with Crippen LogP contribution in [0.1, 0.15) is 32.7 Å². The molecule has 0 bridgehead atoms. The molecule has 2 rings (SSSR count). The molecule has 2 aromatic rings. The van der Waals surface area contributed by atoms with Gasteiger partial charge in [-0.25, -0.2) is 9.78 Å². The Bertz CT molecular complexity index is 620. The van der Waals surface area contributed by atoms with Gasteiger partial charge in [0, 0.05) is 12.2 Å². The fourth-order valence-corrected chi connectivity index (χ4v) is 2.84. The van der Waals surface area contributed by atoms with Crippen LogP contribution in [0.15, 0.2) is 16.8 Å². The van der Waals surface area contributed by atoms with Gasteiger partial charge in [-0.2, -0.15) is 11.3 Å². The molecule has 0 amide bonds. The second-order valence-corrected chi connectivity index (χ2v) is 5.29. The molecule has 0 aromatic carbocycles. The average Bonchev–Trinajstić information content (AvgIpc) is 2.70. The Balaban J connectivity index is 2.29. The van der Waals surface area contributed by atoms with Crippen LogP contribution in [0.4, 0.5) is 5.82 Å². The van der Waals surface area contributed by atoms with E-state index < -0.39 is 5.97 Å². The molecule has 0 spiro atoms. The Morgan fingerprint density at radius 3 is 2.63 bits per heavy atom. The zero-order valence-corrected chi connectivity index (χ0v) is 12.0. The SMILES string of the molecule is Cc1cc(C)c(C(=O)O)c(NCc2cscc2C)n1. The van der Waals surface area contributed by atoms with Crippen molar-refractivity contribution in [2.75, 3.05) is 5.32 Å². The third-order valence-electron chi connectivity index (χ3n) is 2.97. The number of carbonyl (C=O) groups is 1. The maximum absolute atomic E-state index is 11.3. The van der Waals surface area contributed by atoms with Gasteiger partial charge in [0.15, 0.2) is 0 Å². The lowest BCUT2D eigenvalue weighted by molar-refractivity contribution is 0.0697. The number of aromatic carboxylic acids is 1. The Morgan fingerprint density at radius 1 is 1.32 bits per heavy atom. The molecule has 0 aliphatic carbocycles. The minimum absolute atomic E-state index is 0.249. The molecule has 19 heavy (non-hydrogen) atoms. The molecule has 4 nitrogen and oxygen atoms in total. The fraction of sp³-hybridized carbons (Fsp3) is 0.286. The van der Waals surface area contributed by atoms with E-state index in [1.165, 1.54) is 11.1 Å². The van der Waals surface area contributed by atoms with Crippen molar-refractivity contribution in [2.24, 2.45) is 0 Å². The van der Waals surface area contributed by atoms with E-state index in [1.54, 1.807) is 24.3 Å². The van der Waals surface area contributed by atoms with E-state index in [2.05, 4.69) is 21.1 Å². The van der Waals surface area contributed by atoms with Crippen molar-refractivity contribution in [2.45, 2.75) is 27.3 Å². The predicted octanol–water partition coefficient (Wildman–Crippen LogP) is 3.38. The standard InChI is InChI=1S/C14H16N2O2S/c1-8-4-10(3)16-13(12(8)14(17)18)15-5-11-7-19-6-9(11)2/h4,6-7H,5H2,1-3H3,(H,15,16)(H,17,18). The molecule has 0 saturated heterocycles. The first-order valence-corrected chi connectivity index (χ1v) is 6.90. The van der Waals surface area contributed by atoms with Gasteiger partial charge in [0.1, 0.15) is 11.4 Å². The van der Waals surface area contributed by atoms with Crippen molar-refractivity contribution in [1.82, 2.24) is 4.98 Å². The van der Waals surface area contributed by atoms with E-state index >= 15 is 0 Å². The number of carboxylic acid groups (broad SMARTS) is 1. The first kappa shape index (κ1) is 13.5. The largest absolute Gasteiger partial charge is 0.478 e. The molecule has 0 fully saturated rings. The highest BCUT2D eigenvalue weighted by Crippen LogP contribution is 2.21. The van der Waals surface area contributed by atoms with E-state index in [-0.39, 0.29) is 5.56 Å². The molecule has 2 heterocycles. The van der Waals surface area contributed by atoms with Crippen LogP contribution in [-0.4, -0.2) is 16.1 Å². The molecule has 0 saturated carbocycles. The first-order valence-electron chi connectivity index (χ1n) is 5.96. The summed E-state index contributed by atoms with van der Waals surface area (Å²) in [6.07, 6.45) is 0. The summed E-state index contributed by atoms with van der Waals surface area (Å²) in [4.78, 5) is 15.6. The summed E-state index contributed by atoms with van der Waals surface area (Å²) in [7, 11) is 0. The van der Waals surface area contributed by atoms with E-state index in [0.29, 0.717) is 12.4 Å². The number of anilines is 1. The Morgan fingerprint density at radius 2 is 2.05 bits per heavy atom. The molecule has 2 N–H and O–H groups in total. The summed E-state index contributed by atoms with van der Waals surface area (Å²) < 4.78 is 0. The maximum atomic E-state index is 11.3. The average molecular weight is 276 g/mol. The number of hydrogen-bond donors (Lipinski definition) is 2. The Labute approximate surface area is 116 Å². The van der Waals surface area contributed by atoms with Crippen molar-refractivity contribution in [3.05, 3.63) is 44.8 Å². The zero-order chi connectivity index (χ0) is 14.0. The number of carboxylic acids is 1. The second kappa shape index (κ2) is 5.40. The van der Waals surface area contributed by atoms with Crippen LogP contribution >= 0.6 is 11.3 Å². The Hall–Kier alpha value is -1.88. The molecule has 100 valence electrons. The number of aromatic nitrogens is 1. The normalized spacial score (nSPS) is 10.5. The minimum atomic E-state index is -0.949. The topological polar surface area (TPSA) is 62.2 Å². The van der Waals surface area contributed by atoms with Gasteiger partial charge in [0.25, 0.3) is 0 Å². The number of nitrogens with zero attached hydrogens (tertiary/aromatic N) is 1. The molecule has 0 radical (unpaired) electrons. The number of rotatable bonds is 4. The van der Waals surface area contributed by atoms with Crippen molar-refractivity contribution in [3.63, 3.8) is 0 Å². The minimum Gasteiger partial charge on any atom is -0.478 e. The van der Waals surface area contributed by atoms with Gasteiger partial charge >= 0.3 is 5.97 Å². The van der Waals surface area contributed by atoms with Crippen LogP contribution in [0.5, 0.6) is 0 Å². The number of pyridine rings is 1. The Kier molecular flexibility index (Phi) is 3.85. The zero-order valence-electron chi connectivity index (χ0n) is 11.2. The van der Waals surface area contributed by atoms with Crippen LogP contribution in [0.2, 0.25) is 0 Å². The van der Waals surface area contributed by atoms with Crippen LogP contribution in [0, 0.1) is 20.8 Å². The summed E-state index contributed by atoms with van der Waals surface area (Å²) in [5.41, 5.74) is 4.16. The third-order valence-corrected chi connectivity index (χ3v) is 3.88. The van der Waals surface area contributed by atoms with Gasteiger partial charge in [-0.15, -0.1) is 0 Å². The smallest absolute Gasteiger partial charge is 0.339 e. The lowest BCUT2D eigenvalue weighted by Crippen LogP contribution is -2.11. The van der Waals surface area contributed by atoms with Crippen LogP contribution in [-0.2, 0) is 6.54 Å². The van der Waals surface area contributed by atoms with Crippen molar-refractivity contribution >= 4 is 23.1 Å². The second-order valence-electron chi connectivity index (χ2n) is 4.54. The van der Waals surface area contributed by atoms with Gasteiger partial charge in [0.2, 0.25) is 0 Å². The monoisotopic (exact) mass is 276 g/mol. The van der Waals surface area contributed by atoms with E-state index in [1.807, 2.05) is 13.8 Å². The molecule has 0 aliphatic rings.